The highest BCUT2D eigenvalue weighted by molar-refractivity contribution is 9.10. The van der Waals surface area contributed by atoms with Crippen LogP contribution in [0, 0.1) is 6.92 Å². The van der Waals surface area contributed by atoms with Crippen LogP contribution in [0.15, 0.2) is 16.7 Å². The van der Waals surface area contributed by atoms with Gasteiger partial charge in [0.25, 0.3) is 0 Å². The van der Waals surface area contributed by atoms with Crippen LogP contribution in [-0.4, -0.2) is 22.7 Å². The minimum atomic E-state index is -0.315. The number of aliphatic hydroxyl groups is 1. The van der Waals surface area contributed by atoms with E-state index in [4.69, 9.17) is 0 Å². The topological polar surface area (TPSA) is 45.1 Å². The Kier molecular flexibility index (Phi) is 4.35. The van der Waals surface area contributed by atoms with Gasteiger partial charge >= 0.3 is 0 Å². The number of hydrogen-bond donors (Lipinski definition) is 2. The lowest BCUT2D eigenvalue weighted by Crippen LogP contribution is -2.18. The van der Waals surface area contributed by atoms with E-state index in [9.17, 15) is 5.11 Å². The Morgan fingerprint density at radius 2 is 2.36 bits per heavy atom. The molecule has 0 spiro atoms. The molecule has 1 rings (SSSR count). The Balaban J connectivity index is 2.59. The number of hydrogen-bond acceptors (Lipinski definition) is 3. The smallest absolute Gasteiger partial charge is 0.140 e. The van der Waals surface area contributed by atoms with Crippen LogP contribution >= 0.6 is 15.9 Å². The van der Waals surface area contributed by atoms with Gasteiger partial charge in [-0.2, -0.15) is 0 Å². The number of rotatable bonds is 4. The maximum absolute atomic E-state index is 9.36. The molecule has 0 radical (unpaired) electrons. The van der Waals surface area contributed by atoms with Crippen LogP contribution in [0.2, 0.25) is 0 Å². The zero-order valence-electron chi connectivity index (χ0n) is 8.42. The van der Waals surface area contributed by atoms with Gasteiger partial charge < -0.3 is 10.4 Å². The number of nitrogens with zero attached hydrogens (tertiary/aromatic N) is 1. The molecule has 0 saturated heterocycles. The summed E-state index contributed by atoms with van der Waals surface area (Å²) in [4.78, 5) is 4.21. The zero-order valence-corrected chi connectivity index (χ0v) is 10.0. The molecule has 0 saturated carbocycles. The fraction of sp³-hybridized carbons (Fsp3) is 0.500. The Bertz CT molecular complexity index is 304. The van der Waals surface area contributed by atoms with E-state index in [0.29, 0.717) is 6.54 Å². The lowest BCUT2D eigenvalue weighted by molar-refractivity contribution is 0.183. The highest BCUT2D eigenvalue weighted by atomic mass is 79.9. The highest BCUT2D eigenvalue weighted by Crippen LogP contribution is 2.20. The lowest BCUT2D eigenvalue weighted by atomic mass is 10.3. The monoisotopic (exact) mass is 258 g/mol. The molecule has 1 aromatic heterocycles. The molecule has 1 unspecified atom stereocenters. The summed E-state index contributed by atoms with van der Waals surface area (Å²) in [5.41, 5.74) is 1.11. The van der Waals surface area contributed by atoms with E-state index in [1.807, 2.05) is 19.9 Å². The molecular formula is C10H15BrN2O. The normalized spacial score (nSPS) is 12.6. The quantitative estimate of drug-likeness (QED) is 0.872. The van der Waals surface area contributed by atoms with Gasteiger partial charge in [0.15, 0.2) is 0 Å². The highest BCUT2D eigenvalue weighted by Gasteiger charge is 2.04. The number of aryl methyl sites for hydroxylation is 1. The molecule has 1 atom stereocenters. The molecule has 3 nitrogen and oxygen atoms in total. The van der Waals surface area contributed by atoms with Crippen LogP contribution in [0.5, 0.6) is 0 Å². The third-order valence-corrected chi connectivity index (χ3v) is 2.56. The minimum absolute atomic E-state index is 0.315. The van der Waals surface area contributed by atoms with Gasteiger partial charge in [-0.15, -0.1) is 0 Å². The lowest BCUT2D eigenvalue weighted by Gasteiger charge is -2.11. The van der Waals surface area contributed by atoms with Gasteiger partial charge in [-0.25, -0.2) is 4.98 Å². The summed E-state index contributed by atoms with van der Waals surface area (Å²) >= 11 is 3.41. The van der Waals surface area contributed by atoms with E-state index < -0.39 is 0 Å². The fourth-order valence-electron chi connectivity index (χ4n) is 1.02. The van der Waals surface area contributed by atoms with Gasteiger partial charge in [0.05, 0.1) is 10.6 Å². The minimum Gasteiger partial charge on any atom is -0.391 e. The largest absolute Gasteiger partial charge is 0.391 e. The predicted octanol–water partition coefficient (Wildman–Crippen LogP) is 2.34. The molecule has 14 heavy (non-hydrogen) atoms. The third-order valence-electron chi connectivity index (χ3n) is 1.95. The Labute approximate surface area is 92.7 Å². The maximum Gasteiger partial charge on any atom is 0.140 e. The van der Waals surface area contributed by atoms with Crippen molar-refractivity contribution in [1.29, 1.82) is 0 Å². The average molecular weight is 259 g/mol. The summed E-state index contributed by atoms with van der Waals surface area (Å²) in [6, 6.07) is 1.99. The molecule has 2 N–H and O–H groups in total. The molecule has 0 fully saturated rings. The van der Waals surface area contributed by atoms with Crippen LogP contribution in [-0.2, 0) is 0 Å². The van der Waals surface area contributed by atoms with Crippen molar-refractivity contribution < 1.29 is 5.11 Å². The van der Waals surface area contributed by atoms with Crippen molar-refractivity contribution in [3.8, 4) is 0 Å². The molecule has 0 amide bonds. The molecule has 0 aliphatic heterocycles. The Morgan fingerprint density at radius 1 is 1.64 bits per heavy atom. The van der Waals surface area contributed by atoms with Crippen LogP contribution in [0.4, 0.5) is 5.82 Å². The molecule has 0 aliphatic carbocycles. The van der Waals surface area contributed by atoms with Crippen molar-refractivity contribution >= 4 is 21.7 Å². The second-order valence-corrected chi connectivity index (χ2v) is 4.14. The van der Waals surface area contributed by atoms with Crippen molar-refractivity contribution in [3.05, 3.63) is 22.3 Å². The maximum atomic E-state index is 9.36. The van der Waals surface area contributed by atoms with E-state index in [0.717, 1.165) is 22.3 Å². The van der Waals surface area contributed by atoms with E-state index in [1.165, 1.54) is 0 Å². The summed E-state index contributed by atoms with van der Waals surface area (Å²) in [5.74, 6) is 0.781. The molecule has 78 valence electrons. The van der Waals surface area contributed by atoms with E-state index in [2.05, 4.69) is 26.2 Å². The molecule has 1 aromatic rings. The summed E-state index contributed by atoms with van der Waals surface area (Å²) < 4.78 is 0.931. The van der Waals surface area contributed by atoms with Crippen molar-refractivity contribution in [2.75, 3.05) is 11.9 Å². The molecule has 0 bridgehead atoms. The van der Waals surface area contributed by atoms with Gasteiger partial charge in [-0.05, 0) is 40.9 Å². The summed E-state index contributed by atoms with van der Waals surface area (Å²) in [7, 11) is 0. The summed E-state index contributed by atoms with van der Waals surface area (Å²) in [5, 5.41) is 12.4. The van der Waals surface area contributed by atoms with E-state index >= 15 is 0 Å². The second-order valence-electron chi connectivity index (χ2n) is 3.29. The van der Waals surface area contributed by atoms with E-state index in [-0.39, 0.29) is 6.10 Å². The van der Waals surface area contributed by atoms with Gasteiger partial charge in [0, 0.05) is 12.7 Å². The zero-order chi connectivity index (χ0) is 10.6. The predicted molar refractivity (Wildman–Crippen MR) is 61.5 cm³/mol. The number of aliphatic hydroxyl groups excluding tert-OH is 1. The molecule has 0 aromatic carbocycles. The Morgan fingerprint density at radius 3 is 2.93 bits per heavy atom. The molecular weight excluding hydrogens is 244 g/mol. The van der Waals surface area contributed by atoms with Crippen LogP contribution in [0.1, 0.15) is 18.9 Å². The fourth-order valence-corrected chi connectivity index (χ4v) is 1.63. The average Bonchev–Trinajstić information content (AvgIpc) is 2.16. The number of anilines is 1. The standard InChI is InChI=1S/C10H15BrN2O/c1-3-8(14)6-13-10-9(11)4-7(2)5-12-10/h4-5,8,14H,3,6H2,1-2H3,(H,12,13). The van der Waals surface area contributed by atoms with Crippen molar-refractivity contribution in [1.82, 2.24) is 4.98 Å². The van der Waals surface area contributed by atoms with Gasteiger partial charge in [0.1, 0.15) is 5.82 Å². The first-order chi connectivity index (χ1) is 6.63. The summed E-state index contributed by atoms with van der Waals surface area (Å²) in [6.45, 7) is 4.47. The van der Waals surface area contributed by atoms with Gasteiger partial charge in [0.2, 0.25) is 0 Å². The molecule has 0 aliphatic rings. The van der Waals surface area contributed by atoms with Crippen LogP contribution in [0.3, 0.4) is 0 Å². The number of nitrogens with one attached hydrogen (secondary N) is 1. The first kappa shape index (κ1) is 11.5. The third kappa shape index (κ3) is 3.27. The van der Waals surface area contributed by atoms with Crippen molar-refractivity contribution in [2.45, 2.75) is 26.4 Å². The van der Waals surface area contributed by atoms with Gasteiger partial charge in [-0.1, -0.05) is 6.92 Å². The van der Waals surface area contributed by atoms with Crippen molar-refractivity contribution in [3.63, 3.8) is 0 Å². The SMILES string of the molecule is CCC(O)CNc1ncc(C)cc1Br. The first-order valence-electron chi connectivity index (χ1n) is 4.67. The van der Waals surface area contributed by atoms with Crippen LogP contribution in [0.25, 0.3) is 0 Å². The second kappa shape index (κ2) is 5.32. The Hall–Kier alpha value is -0.610. The molecule has 4 heteroatoms. The number of aromatic nitrogens is 1. The van der Waals surface area contributed by atoms with Gasteiger partial charge in [-0.3, -0.25) is 0 Å². The van der Waals surface area contributed by atoms with E-state index in [1.54, 1.807) is 6.20 Å². The number of pyridine rings is 1. The number of halogens is 1. The van der Waals surface area contributed by atoms with Crippen LogP contribution < -0.4 is 5.32 Å². The first-order valence-corrected chi connectivity index (χ1v) is 5.47. The molecule has 1 heterocycles. The summed E-state index contributed by atoms with van der Waals surface area (Å²) in [6.07, 6.45) is 2.23. The van der Waals surface area contributed by atoms with Crippen molar-refractivity contribution in [2.24, 2.45) is 0 Å².